The minimum absolute atomic E-state index is 0.0777. The summed E-state index contributed by atoms with van der Waals surface area (Å²) in [6, 6.07) is 11.5. The summed E-state index contributed by atoms with van der Waals surface area (Å²) in [5.41, 5.74) is 1.85. The summed E-state index contributed by atoms with van der Waals surface area (Å²) in [4.78, 5) is 10.2. The van der Waals surface area contributed by atoms with E-state index in [2.05, 4.69) is 15.9 Å². The van der Waals surface area contributed by atoms with Gasteiger partial charge in [0.05, 0.1) is 4.92 Å². The maximum Gasteiger partial charge on any atom is 0.270 e. The monoisotopic (exact) mass is 396 g/mol. The number of sulfonamides is 1. The molecule has 0 aromatic heterocycles. The van der Waals surface area contributed by atoms with Crippen molar-refractivity contribution in [3.8, 4) is 0 Å². The van der Waals surface area contributed by atoms with Crippen molar-refractivity contribution < 1.29 is 13.3 Å². The van der Waals surface area contributed by atoms with Crippen molar-refractivity contribution in [1.29, 1.82) is 0 Å². The third-order valence-corrected chi connectivity index (χ3v) is 6.68. The molecule has 0 atom stereocenters. The average molecular weight is 397 g/mol. The highest BCUT2D eigenvalue weighted by Gasteiger charge is 2.31. The number of benzene rings is 2. The summed E-state index contributed by atoms with van der Waals surface area (Å²) in [6.45, 7) is 0.627. The van der Waals surface area contributed by atoms with E-state index in [-0.39, 0.29) is 17.1 Å². The van der Waals surface area contributed by atoms with Crippen molar-refractivity contribution in [3.05, 3.63) is 68.2 Å². The molecule has 0 radical (unpaired) electrons. The Labute approximate surface area is 142 Å². The predicted molar refractivity (Wildman–Crippen MR) is 88.5 cm³/mol. The smallest absolute Gasteiger partial charge is 0.258 e. The number of nitro groups is 1. The lowest BCUT2D eigenvalue weighted by atomic mass is 10.0. The summed E-state index contributed by atoms with van der Waals surface area (Å²) in [7, 11) is -3.81. The third kappa shape index (κ3) is 3.01. The Bertz CT molecular complexity index is 883. The second-order valence-electron chi connectivity index (χ2n) is 5.23. The van der Waals surface area contributed by atoms with Gasteiger partial charge < -0.3 is 0 Å². The van der Waals surface area contributed by atoms with Gasteiger partial charge in [-0.25, -0.2) is 8.42 Å². The van der Waals surface area contributed by atoms with Crippen LogP contribution >= 0.6 is 15.9 Å². The second kappa shape index (κ2) is 6.03. The Morgan fingerprint density at radius 1 is 1.13 bits per heavy atom. The molecule has 0 amide bonds. The fourth-order valence-electron chi connectivity index (χ4n) is 2.62. The van der Waals surface area contributed by atoms with Crippen LogP contribution in [0.5, 0.6) is 0 Å². The number of non-ortho nitro benzene ring substituents is 1. The second-order valence-corrected chi connectivity index (χ2v) is 7.99. The minimum atomic E-state index is -3.81. The quantitative estimate of drug-likeness (QED) is 0.589. The molecule has 0 saturated heterocycles. The van der Waals surface area contributed by atoms with Gasteiger partial charge in [-0.2, -0.15) is 4.31 Å². The van der Waals surface area contributed by atoms with Crippen molar-refractivity contribution >= 4 is 31.6 Å². The van der Waals surface area contributed by atoms with Crippen LogP contribution in [0.2, 0.25) is 0 Å². The summed E-state index contributed by atoms with van der Waals surface area (Å²) >= 11 is 3.19. The van der Waals surface area contributed by atoms with E-state index in [1.165, 1.54) is 16.4 Å². The number of rotatable bonds is 3. The highest BCUT2D eigenvalue weighted by atomic mass is 79.9. The van der Waals surface area contributed by atoms with E-state index in [0.29, 0.717) is 17.4 Å². The van der Waals surface area contributed by atoms with E-state index in [0.717, 1.165) is 17.2 Å². The van der Waals surface area contributed by atoms with Gasteiger partial charge in [-0.15, -0.1) is 0 Å². The van der Waals surface area contributed by atoms with Gasteiger partial charge in [-0.1, -0.05) is 24.3 Å². The van der Waals surface area contributed by atoms with Gasteiger partial charge >= 0.3 is 0 Å². The lowest BCUT2D eigenvalue weighted by Gasteiger charge is -2.28. The molecule has 2 aromatic carbocycles. The van der Waals surface area contributed by atoms with Crippen LogP contribution in [-0.2, 0) is 23.0 Å². The van der Waals surface area contributed by atoms with Gasteiger partial charge in [-0.05, 0) is 39.5 Å². The molecular weight excluding hydrogens is 384 g/mol. The molecule has 0 N–H and O–H groups in total. The fourth-order valence-corrected chi connectivity index (χ4v) is 4.98. The number of halogens is 1. The highest BCUT2D eigenvalue weighted by Crippen LogP contribution is 2.31. The number of fused-ring (bicyclic) bond motifs is 1. The molecule has 23 heavy (non-hydrogen) atoms. The standard InChI is InChI=1S/C15H13BrN2O4S/c16-14-6-5-13(18(19)20)9-15(14)23(21,22)17-8-7-11-3-1-2-4-12(11)10-17/h1-6,9H,7-8,10H2. The van der Waals surface area contributed by atoms with Gasteiger partial charge in [0.1, 0.15) is 4.90 Å². The third-order valence-electron chi connectivity index (χ3n) is 3.84. The Balaban J connectivity index is 2.00. The lowest BCUT2D eigenvalue weighted by molar-refractivity contribution is -0.385. The zero-order chi connectivity index (χ0) is 16.6. The molecule has 1 heterocycles. The Morgan fingerprint density at radius 2 is 1.83 bits per heavy atom. The Kier molecular flexibility index (Phi) is 4.22. The Hall–Kier alpha value is -1.77. The van der Waals surface area contributed by atoms with Crippen LogP contribution in [0.4, 0.5) is 5.69 Å². The number of hydrogen-bond acceptors (Lipinski definition) is 4. The van der Waals surface area contributed by atoms with E-state index in [9.17, 15) is 18.5 Å². The first kappa shape index (κ1) is 16.1. The molecule has 0 fully saturated rings. The molecule has 2 aromatic rings. The summed E-state index contributed by atoms with van der Waals surface area (Å²) < 4.78 is 27.4. The maximum atomic E-state index is 12.9. The first-order valence-corrected chi connectivity index (χ1v) is 9.14. The van der Waals surface area contributed by atoms with Crippen LogP contribution in [0, 0.1) is 10.1 Å². The lowest BCUT2D eigenvalue weighted by Crippen LogP contribution is -2.36. The molecule has 0 bridgehead atoms. The largest absolute Gasteiger partial charge is 0.270 e. The van der Waals surface area contributed by atoms with Crippen LogP contribution in [-0.4, -0.2) is 24.2 Å². The summed E-state index contributed by atoms with van der Waals surface area (Å²) in [5.74, 6) is 0. The van der Waals surface area contributed by atoms with E-state index < -0.39 is 14.9 Å². The molecule has 0 unspecified atom stereocenters. The van der Waals surface area contributed by atoms with Crippen LogP contribution in [0.15, 0.2) is 51.8 Å². The highest BCUT2D eigenvalue weighted by molar-refractivity contribution is 9.10. The average Bonchev–Trinajstić information content (AvgIpc) is 2.54. The van der Waals surface area contributed by atoms with Crippen molar-refractivity contribution in [2.75, 3.05) is 6.54 Å². The summed E-state index contributed by atoms with van der Waals surface area (Å²) in [6.07, 6.45) is 0.627. The first-order valence-electron chi connectivity index (χ1n) is 6.90. The van der Waals surface area contributed by atoms with Crippen LogP contribution in [0.3, 0.4) is 0 Å². The predicted octanol–water partition coefficient (Wildman–Crippen LogP) is 3.10. The number of hydrogen-bond donors (Lipinski definition) is 0. The van der Waals surface area contributed by atoms with Crippen molar-refractivity contribution in [3.63, 3.8) is 0 Å². The van der Waals surface area contributed by atoms with E-state index >= 15 is 0 Å². The molecule has 3 rings (SSSR count). The van der Waals surface area contributed by atoms with Gasteiger partial charge in [0.25, 0.3) is 5.69 Å². The van der Waals surface area contributed by atoms with Crippen LogP contribution in [0.25, 0.3) is 0 Å². The zero-order valence-corrected chi connectivity index (χ0v) is 14.4. The molecule has 0 aliphatic carbocycles. The number of nitrogens with zero attached hydrogens (tertiary/aromatic N) is 2. The molecule has 6 nitrogen and oxygen atoms in total. The minimum Gasteiger partial charge on any atom is -0.258 e. The van der Waals surface area contributed by atoms with E-state index in [1.807, 2.05) is 24.3 Å². The van der Waals surface area contributed by atoms with Gasteiger partial charge in [0.15, 0.2) is 0 Å². The van der Waals surface area contributed by atoms with Crippen LogP contribution in [0.1, 0.15) is 11.1 Å². The van der Waals surface area contributed by atoms with E-state index in [1.54, 1.807) is 0 Å². The molecule has 1 aliphatic heterocycles. The normalized spacial score (nSPS) is 15.2. The molecule has 0 spiro atoms. The van der Waals surface area contributed by atoms with Crippen molar-refractivity contribution in [2.45, 2.75) is 17.9 Å². The summed E-state index contributed by atoms with van der Waals surface area (Å²) in [5, 5.41) is 10.9. The first-order chi connectivity index (χ1) is 10.9. The van der Waals surface area contributed by atoms with Crippen molar-refractivity contribution in [2.24, 2.45) is 0 Å². The van der Waals surface area contributed by atoms with Gasteiger partial charge in [0, 0.05) is 29.7 Å². The van der Waals surface area contributed by atoms with Gasteiger partial charge in [-0.3, -0.25) is 10.1 Å². The molecule has 1 aliphatic rings. The molecule has 120 valence electrons. The SMILES string of the molecule is O=[N+]([O-])c1ccc(Br)c(S(=O)(=O)N2CCc3ccccc3C2)c1. The maximum absolute atomic E-state index is 12.9. The topological polar surface area (TPSA) is 80.5 Å². The molecule has 0 saturated carbocycles. The van der Waals surface area contributed by atoms with Crippen molar-refractivity contribution in [1.82, 2.24) is 4.31 Å². The Morgan fingerprint density at radius 3 is 2.52 bits per heavy atom. The number of nitro benzene ring substituents is 1. The van der Waals surface area contributed by atoms with E-state index in [4.69, 9.17) is 0 Å². The molecular formula is C15H13BrN2O4S. The molecule has 8 heteroatoms. The zero-order valence-electron chi connectivity index (χ0n) is 12.0. The van der Waals surface area contributed by atoms with Crippen LogP contribution < -0.4 is 0 Å². The fraction of sp³-hybridized carbons (Fsp3) is 0.200. The van der Waals surface area contributed by atoms with Gasteiger partial charge in [0.2, 0.25) is 10.0 Å².